The molecule has 1 aromatic carbocycles. The average molecular weight is 191 g/mol. The molecule has 1 atom stereocenters. The molecule has 76 valence electrons. The monoisotopic (exact) mass is 191 g/mol. The van der Waals surface area contributed by atoms with E-state index in [0.717, 1.165) is 18.2 Å². The standard InChI is InChI=1S/C12H17NO/c1-14-11-4-2-3-10(7-11)12(8-13)9-5-6-9/h2-4,7,9,12H,5-6,8,13H2,1H3. The lowest BCUT2D eigenvalue weighted by atomic mass is 9.94. The third kappa shape index (κ3) is 1.90. The van der Waals surface area contributed by atoms with Gasteiger partial charge in [0.05, 0.1) is 7.11 Å². The summed E-state index contributed by atoms with van der Waals surface area (Å²) < 4.78 is 5.21. The lowest BCUT2D eigenvalue weighted by molar-refractivity contribution is 0.413. The Bertz CT molecular complexity index is 307. The Balaban J connectivity index is 2.20. The Morgan fingerprint density at radius 3 is 2.86 bits per heavy atom. The highest BCUT2D eigenvalue weighted by molar-refractivity contribution is 5.32. The molecule has 1 aromatic rings. The van der Waals surface area contributed by atoms with Gasteiger partial charge in [-0.25, -0.2) is 0 Å². The fraction of sp³-hybridized carbons (Fsp3) is 0.500. The number of hydrogen-bond donors (Lipinski definition) is 1. The van der Waals surface area contributed by atoms with Gasteiger partial charge in [0, 0.05) is 0 Å². The van der Waals surface area contributed by atoms with Crippen LogP contribution in [0.5, 0.6) is 5.75 Å². The quantitative estimate of drug-likeness (QED) is 0.791. The number of rotatable bonds is 4. The zero-order valence-corrected chi connectivity index (χ0v) is 8.57. The minimum atomic E-state index is 0.532. The van der Waals surface area contributed by atoms with Gasteiger partial charge in [-0.15, -0.1) is 0 Å². The lowest BCUT2D eigenvalue weighted by Gasteiger charge is -2.14. The summed E-state index contributed by atoms with van der Waals surface area (Å²) in [7, 11) is 1.70. The topological polar surface area (TPSA) is 35.2 Å². The Hall–Kier alpha value is -1.02. The van der Waals surface area contributed by atoms with E-state index in [0.29, 0.717) is 5.92 Å². The largest absolute Gasteiger partial charge is 0.497 e. The second-order valence-corrected chi connectivity index (χ2v) is 3.96. The van der Waals surface area contributed by atoms with E-state index in [2.05, 4.69) is 12.1 Å². The van der Waals surface area contributed by atoms with E-state index in [1.165, 1.54) is 18.4 Å². The minimum Gasteiger partial charge on any atom is -0.497 e. The molecule has 2 rings (SSSR count). The molecule has 14 heavy (non-hydrogen) atoms. The highest BCUT2D eigenvalue weighted by atomic mass is 16.5. The van der Waals surface area contributed by atoms with Crippen molar-refractivity contribution in [3.8, 4) is 5.75 Å². The molecule has 0 spiro atoms. The Morgan fingerprint density at radius 1 is 1.50 bits per heavy atom. The van der Waals surface area contributed by atoms with Gasteiger partial charge in [0.25, 0.3) is 0 Å². The van der Waals surface area contributed by atoms with Crippen molar-refractivity contribution in [3.63, 3.8) is 0 Å². The molecule has 2 nitrogen and oxygen atoms in total. The first-order valence-electron chi connectivity index (χ1n) is 5.19. The molecule has 1 saturated carbocycles. The zero-order valence-electron chi connectivity index (χ0n) is 8.57. The van der Waals surface area contributed by atoms with Crippen LogP contribution >= 0.6 is 0 Å². The molecule has 0 radical (unpaired) electrons. The first-order valence-corrected chi connectivity index (χ1v) is 5.19. The van der Waals surface area contributed by atoms with Crippen molar-refractivity contribution in [1.29, 1.82) is 0 Å². The maximum Gasteiger partial charge on any atom is 0.119 e. The normalized spacial score (nSPS) is 17.9. The SMILES string of the molecule is COc1cccc(C(CN)C2CC2)c1. The van der Waals surface area contributed by atoms with Crippen molar-refractivity contribution >= 4 is 0 Å². The van der Waals surface area contributed by atoms with Gasteiger partial charge in [-0.3, -0.25) is 0 Å². The first-order chi connectivity index (χ1) is 6.85. The third-order valence-electron chi connectivity index (χ3n) is 2.97. The summed E-state index contributed by atoms with van der Waals surface area (Å²) in [6, 6.07) is 8.28. The number of hydrogen-bond acceptors (Lipinski definition) is 2. The number of ether oxygens (including phenoxy) is 1. The predicted molar refractivity (Wildman–Crippen MR) is 57.5 cm³/mol. The fourth-order valence-electron chi connectivity index (χ4n) is 1.97. The van der Waals surface area contributed by atoms with Crippen LogP contribution in [0.25, 0.3) is 0 Å². The molecule has 1 unspecified atom stereocenters. The molecule has 2 heteroatoms. The molecular weight excluding hydrogens is 174 g/mol. The average Bonchev–Trinajstić information content (AvgIpc) is 3.04. The van der Waals surface area contributed by atoms with Crippen LogP contribution in [0.15, 0.2) is 24.3 Å². The van der Waals surface area contributed by atoms with Crippen LogP contribution in [0, 0.1) is 5.92 Å². The van der Waals surface area contributed by atoms with Crippen molar-refractivity contribution in [2.45, 2.75) is 18.8 Å². The third-order valence-corrected chi connectivity index (χ3v) is 2.97. The first kappa shape index (κ1) is 9.53. The zero-order chi connectivity index (χ0) is 9.97. The molecule has 2 N–H and O–H groups in total. The van der Waals surface area contributed by atoms with E-state index in [-0.39, 0.29) is 0 Å². The smallest absolute Gasteiger partial charge is 0.119 e. The summed E-state index contributed by atoms with van der Waals surface area (Å²) >= 11 is 0. The Morgan fingerprint density at radius 2 is 2.29 bits per heavy atom. The second kappa shape index (κ2) is 4.01. The van der Waals surface area contributed by atoms with Gasteiger partial charge in [0.15, 0.2) is 0 Å². The van der Waals surface area contributed by atoms with Gasteiger partial charge in [0.1, 0.15) is 5.75 Å². The molecule has 1 aliphatic rings. The molecule has 0 saturated heterocycles. The molecule has 1 aliphatic carbocycles. The van der Waals surface area contributed by atoms with E-state index in [4.69, 9.17) is 10.5 Å². The molecule has 0 amide bonds. The van der Waals surface area contributed by atoms with Gasteiger partial charge < -0.3 is 10.5 Å². The van der Waals surface area contributed by atoms with Gasteiger partial charge in [-0.1, -0.05) is 12.1 Å². The number of benzene rings is 1. The van der Waals surface area contributed by atoms with E-state index >= 15 is 0 Å². The van der Waals surface area contributed by atoms with Crippen molar-refractivity contribution in [2.75, 3.05) is 13.7 Å². The van der Waals surface area contributed by atoms with Crippen LogP contribution in [-0.2, 0) is 0 Å². The molecule has 0 heterocycles. The second-order valence-electron chi connectivity index (χ2n) is 3.96. The number of nitrogens with two attached hydrogens (primary N) is 1. The maximum absolute atomic E-state index is 5.80. The van der Waals surface area contributed by atoms with Gasteiger partial charge in [-0.2, -0.15) is 0 Å². The van der Waals surface area contributed by atoms with E-state index in [9.17, 15) is 0 Å². The predicted octanol–water partition coefficient (Wildman–Crippen LogP) is 2.15. The molecule has 0 aromatic heterocycles. The van der Waals surface area contributed by atoms with Crippen molar-refractivity contribution in [1.82, 2.24) is 0 Å². The van der Waals surface area contributed by atoms with Crippen molar-refractivity contribution in [2.24, 2.45) is 11.7 Å². The summed E-state index contributed by atoms with van der Waals surface area (Å²) in [5, 5.41) is 0. The molecule has 0 aliphatic heterocycles. The van der Waals surface area contributed by atoms with Gasteiger partial charge >= 0.3 is 0 Å². The van der Waals surface area contributed by atoms with Crippen LogP contribution < -0.4 is 10.5 Å². The minimum absolute atomic E-state index is 0.532. The Labute approximate surface area is 85.1 Å². The van der Waals surface area contributed by atoms with Gasteiger partial charge in [-0.05, 0) is 48.9 Å². The van der Waals surface area contributed by atoms with E-state index < -0.39 is 0 Å². The van der Waals surface area contributed by atoms with Crippen molar-refractivity contribution in [3.05, 3.63) is 29.8 Å². The summed E-state index contributed by atoms with van der Waals surface area (Å²) in [4.78, 5) is 0. The maximum atomic E-state index is 5.80. The number of methoxy groups -OCH3 is 1. The summed E-state index contributed by atoms with van der Waals surface area (Å²) in [6.45, 7) is 0.748. The van der Waals surface area contributed by atoms with Crippen LogP contribution in [0.1, 0.15) is 24.3 Å². The highest BCUT2D eigenvalue weighted by Crippen LogP contribution is 2.42. The lowest BCUT2D eigenvalue weighted by Crippen LogP contribution is -2.14. The van der Waals surface area contributed by atoms with Crippen molar-refractivity contribution < 1.29 is 4.74 Å². The molecule has 0 bridgehead atoms. The summed E-state index contributed by atoms with van der Waals surface area (Å²) in [5.74, 6) is 2.28. The van der Waals surface area contributed by atoms with Gasteiger partial charge in [0.2, 0.25) is 0 Å². The molecule has 1 fully saturated rings. The van der Waals surface area contributed by atoms with E-state index in [1.807, 2.05) is 12.1 Å². The summed E-state index contributed by atoms with van der Waals surface area (Å²) in [6.07, 6.45) is 2.66. The van der Waals surface area contributed by atoms with Crippen LogP contribution in [0.3, 0.4) is 0 Å². The molecular formula is C12H17NO. The van der Waals surface area contributed by atoms with Crippen LogP contribution in [-0.4, -0.2) is 13.7 Å². The van der Waals surface area contributed by atoms with Crippen LogP contribution in [0.2, 0.25) is 0 Å². The fourth-order valence-corrected chi connectivity index (χ4v) is 1.97. The van der Waals surface area contributed by atoms with Crippen LogP contribution in [0.4, 0.5) is 0 Å². The summed E-state index contributed by atoms with van der Waals surface area (Å²) in [5.41, 5.74) is 7.12. The Kier molecular flexibility index (Phi) is 2.73. The van der Waals surface area contributed by atoms with E-state index in [1.54, 1.807) is 7.11 Å². The highest BCUT2D eigenvalue weighted by Gasteiger charge is 2.31.